The molecule has 0 fully saturated rings. The summed E-state index contributed by atoms with van der Waals surface area (Å²) in [4.78, 5) is 0. The molecular formula is C16H24N2O. The number of rotatable bonds is 8. The van der Waals surface area contributed by atoms with Gasteiger partial charge in [0.1, 0.15) is 0 Å². The first-order valence-corrected chi connectivity index (χ1v) is 7.11. The smallest absolute Gasteiger partial charge is 0.0725 e. The second kappa shape index (κ2) is 7.43. The van der Waals surface area contributed by atoms with E-state index in [1.54, 1.807) is 0 Å². The fraction of sp³-hybridized carbons (Fsp3) is 0.500. The third-order valence-electron chi connectivity index (χ3n) is 3.75. The number of allylic oxidation sites excluding steroid dienone is 1. The van der Waals surface area contributed by atoms with Gasteiger partial charge < -0.3 is 4.74 Å². The van der Waals surface area contributed by atoms with E-state index in [1.165, 1.54) is 36.0 Å². The summed E-state index contributed by atoms with van der Waals surface area (Å²) in [6.45, 7) is 5.23. The fourth-order valence-corrected chi connectivity index (χ4v) is 2.57. The normalized spacial score (nSPS) is 15.2. The zero-order valence-electron chi connectivity index (χ0n) is 11.5. The zero-order valence-corrected chi connectivity index (χ0v) is 11.5. The minimum atomic E-state index is 0.245. The molecule has 0 saturated heterocycles. The van der Waals surface area contributed by atoms with Crippen LogP contribution in [0.25, 0.3) is 0 Å². The third kappa shape index (κ3) is 3.90. The quantitative estimate of drug-likeness (QED) is 0.326. The number of unbranched alkanes of at least 4 members (excludes halogenated alkanes) is 3. The van der Waals surface area contributed by atoms with Crippen molar-refractivity contribution < 1.29 is 4.74 Å². The van der Waals surface area contributed by atoms with Gasteiger partial charge in [-0.2, -0.15) is 0 Å². The van der Waals surface area contributed by atoms with Gasteiger partial charge in [0.2, 0.25) is 0 Å². The summed E-state index contributed by atoms with van der Waals surface area (Å²) in [6.07, 6.45) is 7.82. The molecule has 1 aromatic rings. The van der Waals surface area contributed by atoms with E-state index in [1.807, 2.05) is 6.08 Å². The molecule has 0 radical (unpaired) electrons. The summed E-state index contributed by atoms with van der Waals surface area (Å²) in [5.74, 6) is 5.69. The molecule has 0 aromatic heterocycles. The van der Waals surface area contributed by atoms with Crippen LogP contribution in [0.15, 0.2) is 30.9 Å². The summed E-state index contributed by atoms with van der Waals surface area (Å²) in [5, 5.41) is 0. The van der Waals surface area contributed by atoms with Crippen LogP contribution >= 0.6 is 0 Å². The largest absolute Gasteiger partial charge is 0.372 e. The summed E-state index contributed by atoms with van der Waals surface area (Å²) < 4.78 is 5.45. The maximum Gasteiger partial charge on any atom is 0.0725 e. The predicted molar refractivity (Wildman–Crippen MR) is 78.3 cm³/mol. The van der Waals surface area contributed by atoms with Crippen LogP contribution in [-0.4, -0.2) is 0 Å². The van der Waals surface area contributed by atoms with Crippen molar-refractivity contribution in [3.8, 4) is 0 Å². The molecule has 19 heavy (non-hydrogen) atoms. The van der Waals surface area contributed by atoms with E-state index in [0.29, 0.717) is 0 Å². The number of nitrogens with two attached hydrogens (primary N) is 1. The molecule has 0 bridgehead atoms. The molecule has 1 unspecified atom stereocenters. The fourth-order valence-electron chi connectivity index (χ4n) is 2.57. The van der Waals surface area contributed by atoms with E-state index in [0.717, 1.165) is 26.1 Å². The van der Waals surface area contributed by atoms with Crippen molar-refractivity contribution in [1.82, 2.24) is 5.43 Å². The van der Waals surface area contributed by atoms with Crippen LogP contribution in [-0.2, 0) is 18.0 Å². The van der Waals surface area contributed by atoms with Gasteiger partial charge in [-0.15, -0.1) is 6.58 Å². The Morgan fingerprint density at radius 3 is 2.89 bits per heavy atom. The monoisotopic (exact) mass is 260 g/mol. The van der Waals surface area contributed by atoms with Crippen molar-refractivity contribution in [2.75, 3.05) is 0 Å². The number of hydrogen-bond donors (Lipinski definition) is 2. The van der Waals surface area contributed by atoms with Crippen LogP contribution in [0.5, 0.6) is 0 Å². The molecule has 0 saturated carbocycles. The second-order valence-corrected chi connectivity index (χ2v) is 5.17. The first-order valence-electron chi connectivity index (χ1n) is 7.11. The molecular weight excluding hydrogens is 236 g/mol. The first-order chi connectivity index (χ1) is 9.35. The van der Waals surface area contributed by atoms with Gasteiger partial charge in [0.25, 0.3) is 0 Å². The lowest BCUT2D eigenvalue weighted by Crippen LogP contribution is -2.28. The molecule has 0 amide bonds. The number of hydrogen-bond acceptors (Lipinski definition) is 3. The van der Waals surface area contributed by atoms with Crippen LogP contribution in [0.2, 0.25) is 0 Å². The van der Waals surface area contributed by atoms with Gasteiger partial charge in [-0.3, -0.25) is 11.3 Å². The van der Waals surface area contributed by atoms with Crippen LogP contribution < -0.4 is 11.3 Å². The molecule has 2 rings (SSSR count). The molecule has 104 valence electrons. The van der Waals surface area contributed by atoms with Crippen molar-refractivity contribution in [3.05, 3.63) is 47.5 Å². The number of ether oxygens (including phenoxy) is 1. The van der Waals surface area contributed by atoms with E-state index < -0.39 is 0 Å². The van der Waals surface area contributed by atoms with Gasteiger partial charge in [0, 0.05) is 6.04 Å². The molecule has 1 heterocycles. The highest BCUT2D eigenvalue weighted by Gasteiger charge is 2.15. The lowest BCUT2D eigenvalue weighted by Gasteiger charge is -2.17. The van der Waals surface area contributed by atoms with Crippen molar-refractivity contribution in [2.45, 2.75) is 51.4 Å². The number of benzene rings is 1. The number of fused-ring (bicyclic) bond motifs is 1. The highest BCUT2D eigenvalue weighted by atomic mass is 16.5. The minimum Gasteiger partial charge on any atom is -0.372 e. The Bertz CT molecular complexity index is 417. The first kappa shape index (κ1) is 14.3. The van der Waals surface area contributed by atoms with E-state index in [4.69, 9.17) is 10.6 Å². The molecule has 1 aliphatic rings. The number of hydrazine groups is 1. The minimum absolute atomic E-state index is 0.245. The average Bonchev–Trinajstić information content (AvgIpc) is 2.90. The van der Waals surface area contributed by atoms with Gasteiger partial charge in [0.05, 0.1) is 13.2 Å². The Hall–Kier alpha value is -1.16. The van der Waals surface area contributed by atoms with Crippen LogP contribution in [0.4, 0.5) is 0 Å². The summed E-state index contributed by atoms with van der Waals surface area (Å²) in [7, 11) is 0. The molecule has 1 aromatic carbocycles. The van der Waals surface area contributed by atoms with Crippen LogP contribution in [0.3, 0.4) is 0 Å². The SMILES string of the molecule is C=CCCCCCC(NN)c1ccc2c(c1)COC2. The summed E-state index contributed by atoms with van der Waals surface area (Å²) >= 11 is 0. The Labute approximate surface area is 115 Å². The van der Waals surface area contributed by atoms with Crippen LogP contribution in [0, 0.1) is 0 Å². The topological polar surface area (TPSA) is 47.3 Å². The molecule has 0 spiro atoms. The Morgan fingerprint density at radius 1 is 1.26 bits per heavy atom. The highest BCUT2D eigenvalue weighted by Crippen LogP contribution is 2.26. The lowest BCUT2D eigenvalue weighted by atomic mass is 9.97. The van der Waals surface area contributed by atoms with E-state index >= 15 is 0 Å². The second-order valence-electron chi connectivity index (χ2n) is 5.17. The van der Waals surface area contributed by atoms with Crippen molar-refractivity contribution in [1.29, 1.82) is 0 Å². The molecule has 1 aliphatic heterocycles. The van der Waals surface area contributed by atoms with Crippen molar-refractivity contribution in [2.24, 2.45) is 5.84 Å². The van der Waals surface area contributed by atoms with E-state index in [9.17, 15) is 0 Å². The molecule has 3 N–H and O–H groups in total. The van der Waals surface area contributed by atoms with Gasteiger partial charge in [0.15, 0.2) is 0 Å². The van der Waals surface area contributed by atoms with Gasteiger partial charge in [-0.25, -0.2) is 0 Å². The third-order valence-corrected chi connectivity index (χ3v) is 3.75. The van der Waals surface area contributed by atoms with Crippen molar-refractivity contribution >= 4 is 0 Å². The molecule has 3 heteroatoms. The molecule has 3 nitrogen and oxygen atoms in total. The maximum absolute atomic E-state index is 5.69. The standard InChI is InChI=1S/C16H24N2O/c1-2-3-4-5-6-7-16(18-17)13-8-9-14-11-19-12-15(14)10-13/h2,8-10,16,18H,1,3-7,11-12,17H2. The van der Waals surface area contributed by atoms with Gasteiger partial charge in [-0.05, 0) is 36.0 Å². The van der Waals surface area contributed by atoms with Gasteiger partial charge in [-0.1, -0.05) is 37.1 Å². The Kier molecular flexibility index (Phi) is 5.58. The Morgan fingerprint density at radius 2 is 2.11 bits per heavy atom. The van der Waals surface area contributed by atoms with E-state index in [-0.39, 0.29) is 6.04 Å². The average molecular weight is 260 g/mol. The maximum atomic E-state index is 5.69. The molecule has 1 atom stereocenters. The Balaban J connectivity index is 1.88. The van der Waals surface area contributed by atoms with E-state index in [2.05, 4.69) is 30.2 Å². The predicted octanol–water partition coefficient (Wildman–Crippen LogP) is 3.36. The molecule has 0 aliphatic carbocycles. The summed E-state index contributed by atoms with van der Waals surface area (Å²) in [6, 6.07) is 6.81. The summed E-state index contributed by atoms with van der Waals surface area (Å²) in [5.41, 5.74) is 6.83. The lowest BCUT2D eigenvalue weighted by molar-refractivity contribution is 0.134. The zero-order chi connectivity index (χ0) is 13.5. The number of nitrogens with one attached hydrogen (secondary N) is 1. The van der Waals surface area contributed by atoms with Crippen molar-refractivity contribution in [3.63, 3.8) is 0 Å². The van der Waals surface area contributed by atoms with Crippen LogP contribution in [0.1, 0.15) is 54.8 Å². The van der Waals surface area contributed by atoms with Gasteiger partial charge >= 0.3 is 0 Å². The highest BCUT2D eigenvalue weighted by molar-refractivity contribution is 5.34.